The van der Waals surface area contributed by atoms with E-state index in [4.69, 9.17) is 30.0 Å². The summed E-state index contributed by atoms with van der Waals surface area (Å²) < 4.78 is 40.1. The van der Waals surface area contributed by atoms with E-state index in [1.165, 1.54) is 12.1 Å². The van der Waals surface area contributed by atoms with Crippen molar-refractivity contribution in [3.05, 3.63) is 209 Å². The number of nitrogens with two attached hydrogens (primary N) is 1. The second-order valence-electron chi connectivity index (χ2n) is 19.9. The van der Waals surface area contributed by atoms with Gasteiger partial charge in [0.05, 0.1) is 24.2 Å². The number of carbonyl (C=O) groups excluding carboxylic acids is 4. The Kier molecular flexibility index (Phi) is 32.2. The largest absolute Gasteiger partial charge is 0.481 e. The van der Waals surface area contributed by atoms with Gasteiger partial charge in [0.15, 0.2) is 0 Å². The molecule has 3 atom stereocenters. The van der Waals surface area contributed by atoms with E-state index in [0.29, 0.717) is 31.8 Å². The predicted molar refractivity (Wildman–Crippen MR) is 309 cm³/mol. The summed E-state index contributed by atoms with van der Waals surface area (Å²) in [7, 11) is -4.02. The van der Waals surface area contributed by atoms with Gasteiger partial charge in [0, 0.05) is 0 Å². The molecule has 0 saturated carbocycles. The van der Waals surface area contributed by atoms with Crippen LogP contribution in [-0.4, -0.2) is 77.0 Å². The van der Waals surface area contributed by atoms with Crippen LogP contribution in [0.5, 0.6) is 0 Å². The molecule has 2 amide bonds. The van der Waals surface area contributed by atoms with Gasteiger partial charge in [-0.2, -0.15) is 8.42 Å². The van der Waals surface area contributed by atoms with Crippen LogP contribution in [0.2, 0.25) is 0 Å². The summed E-state index contributed by atoms with van der Waals surface area (Å²) in [4.78, 5) is 69.0. The Labute approximate surface area is 471 Å². The Morgan fingerprint density at radius 1 is 0.463 bits per heavy atom. The number of carboxylic acids is 2. The normalized spacial score (nSPS) is 11.7. The molecule has 6 aromatic rings. The van der Waals surface area contributed by atoms with Crippen LogP contribution in [0.15, 0.2) is 181 Å². The molecule has 0 aliphatic heterocycles. The first-order valence-electron chi connectivity index (χ1n) is 26.3. The molecule has 0 bridgehead atoms. The van der Waals surface area contributed by atoms with Gasteiger partial charge < -0.3 is 36.1 Å². The fourth-order valence-electron chi connectivity index (χ4n) is 7.18. The first kappa shape index (κ1) is 68.1. The number of nitrogens with one attached hydrogen (secondary N) is 2. The van der Waals surface area contributed by atoms with Crippen LogP contribution >= 0.6 is 0 Å². The zero-order valence-corrected chi connectivity index (χ0v) is 47.6. The van der Waals surface area contributed by atoms with E-state index in [-0.39, 0.29) is 66.4 Å². The maximum Gasteiger partial charge on any atom is 0.328 e. The minimum absolute atomic E-state index is 0.0666. The molecular weight excluding hydrogens is 1040 g/mol. The van der Waals surface area contributed by atoms with Crippen molar-refractivity contribution in [2.24, 2.45) is 23.5 Å². The van der Waals surface area contributed by atoms with Crippen molar-refractivity contribution in [3.63, 3.8) is 0 Å². The Bertz CT molecular complexity index is 2840. The Balaban J connectivity index is 0.000000355. The van der Waals surface area contributed by atoms with Crippen LogP contribution in [0.4, 0.5) is 0 Å². The van der Waals surface area contributed by atoms with Gasteiger partial charge in [-0.3, -0.25) is 23.7 Å². The number of aryl methyl sites for hydroxylation is 1. The summed E-state index contributed by atoms with van der Waals surface area (Å²) in [6.45, 7) is 14.3. The number of aliphatic carboxylic acids is 2. The molecule has 0 aliphatic rings. The molecule has 0 spiro atoms. The lowest BCUT2D eigenvalue weighted by molar-refractivity contribution is -0.149. The number of hydrogen-bond acceptors (Lipinski definition) is 11. The third-order valence-corrected chi connectivity index (χ3v) is 11.9. The molecule has 0 fully saturated rings. The number of esters is 2. The van der Waals surface area contributed by atoms with Gasteiger partial charge in [-0.25, -0.2) is 9.59 Å². The lowest BCUT2D eigenvalue weighted by Crippen LogP contribution is -2.43. The van der Waals surface area contributed by atoms with Gasteiger partial charge >= 0.3 is 23.9 Å². The maximum atomic E-state index is 12.4. The number of carbonyl (C=O) groups is 6. The molecule has 0 radical (unpaired) electrons. The van der Waals surface area contributed by atoms with Gasteiger partial charge in [0.1, 0.15) is 31.3 Å². The van der Waals surface area contributed by atoms with Gasteiger partial charge in [0.2, 0.25) is 11.8 Å². The fourth-order valence-corrected chi connectivity index (χ4v) is 7.66. The average Bonchev–Trinajstić information content (AvgIpc) is 3.40. The fraction of sp³-hybridized carbons (Fsp3) is 0.333. The summed E-state index contributed by atoms with van der Waals surface area (Å²) in [5, 5.41) is 22.8. The molecule has 6 rings (SSSR count). The summed E-state index contributed by atoms with van der Waals surface area (Å²) in [5.41, 5.74) is 11.2. The minimum Gasteiger partial charge on any atom is -0.481 e. The quantitative estimate of drug-likeness (QED) is 0.0273. The van der Waals surface area contributed by atoms with Crippen LogP contribution in [0.3, 0.4) is 0 Å². The number of amides is 2. The first-order valence-corrected chi connectivity index (χ1v) is 27.7. The Morgan fingerprint density at radius 2 is 0.787 bits per heavy atom. The van der Waals surface area contributed by atoms with E-state index in [2.05, 4.69) is 10.6 Å². The van der Waals surface area contributed by atoms with E-state index < -0.39 is 40.2 Å². The second kappa shape index (κ2) is 37.8. The highest BCUT2D eigenvalue weighted by Gasteiger charge is 2.24. The molecule has 0 saturated heterocycles. The van der Waals surface area contributed by atoms with Gasteiger partial charge in [-0.15, -0.1) is 0 Å². The number of benzene rings is 6. The molecule has 16 nitrogen and oxygen atoms in total. The van der Waals surface area contributed by atoms with E-state index >= 15 is 0 Å². The van der Waals surface area contributed by atoms with Crippen molar-refractivity contribution in [1.29, 1.82) is 0 Å². The van der Waals surface area contributed by atoms with Gasteiger partial charge in [0.25, 0.3) is 10.1 Å². The molecule has 80 heavy (non-hydrogen) atoms. The maximum absolute atomic E-state index is 12.4. The SMILES string of the molecule is CC(C)C[C@H](N)C(=O)OCc1ccccc1.CC(C)C[C@H](NC(=O)Cc1ccccc1)C(=O)O.CC(C)C[C@H](NC(=O)Cc1ccccc1)C(=O)OCc1ccccc1.Cc1ccc(S(=O)(=O)O)cc1.O=C(O)Cc1ccccc1. The molecule has 430 valence electrons. The predicted octanol–water partition coefficient (Wildman–Crippen LogP) is 10.0. The Morgan fingerprint density at radius 3 is 1.12 bits per heavy atom. The number of ether oxygens (including phenoxy) is 2. The third-order valence-electron chi connectivity index (χ3n) is 11.1. The first-order chi connectivity index (χ1) is 37.9. The van der Waals surface area contributed by atoms with Crippen molar-refractivity contribution >= 4 is 45.8 Å². The third kappa shape index (κ3) is 32.0. The molecule has 7 N–H and O–H groups in total. The number of hydrogen-bond donors (Lipinski definition) is 6. The topological polar surface area (TPSA) is 266 Å². The summed E-state index contributed by atoms with van der Waals surface area (Å²) >= 11 is 0. The highest BCUT2D eigenvalue weighted by atomic mass is 32.2. The molecule has 0 aromatic heterocycles. The van der Waals surface area contributed by atoms with E-state index in [0.717, 1.165) is 33.4 Å². The summed E-state index contributed by atoms with van der Waals surface area (Å²) in [5.74, 6) is -2.01. The standard InChI is InChI=1S/C21H25NO3.C14H19NO3.C13H19NO2.C8H8O2.C7H8O3S/c1-16(2)13-19(21(24)25-15-18-11-7-4-8-12-18)22-20(23)14-17-9-5-3-6-10-17;1-10(2)8-12(14(17)18)15-13(16)9-11-6-4-3-5-7-11;1-10(2)8-12(14)13(15)16-9-11-6-4-3-5-7-11;9-8(10)6-7-4-2-1-3-5-7;1-6-2-4-7(5-3-6)11(8,9)10/h3-12,16,19H,13-15H2,1-2H3,(H,22,23);3-7,10,12H,8-9H2,1-2H3,(H,15,16)(H,17,18);3-7,10,12H,8-9,14H2,1-2H3;1-5H,6H2,(H,9,10);2-5H,1H3,(H,8,9,10)/t19-;2*12-;;/m000../s1. The lowest BCUT2D eigenvalue weighted by atomic mass is 10.0. The van der Waals surface area contributed by atoms with Gasteiger partial charge in [-0.1, -0.05) is 211 Å². The average molecular weight is 1120 g/mol. The highest BCUT2D eigenvalue weighted by molar-refractivity contribution is 7.85. The number of rotatable bonds is 22. The monoisotopic (exact) mass is 1120 g/mol. The van der Waals surface area contributed by atoms with E-state index in [9.17, 15) is 37.2 Å². The van der Waals surface area contributed by atoms with Crippen molar-refractivity contribution in [1.82, 2.24) is 10.6 Å². The van der Waals surface area contributed by atoms with Crippen LogP contribution < -0.4 is 16.4 Å². The molecule has 0 unspecified atom stereocenters. The van der Waals surface area contributed by atoms with Crippen molar-refractivity contribution in [2.75, 3.05) is 0 Å². The molecule has 0 aliphatic carbocycles. The zero-order chi connectivity index (χ0) is 59.5. The van der Waals surface area contributed by atoms with E-state index in [1.807, 2.05) is 188 Å². The smallest absolute Gasteiger partial charge is 0.328 e. The van der Waals surface area contributed by atoms with Crippen LogP contribution in [0, 0.1) is 24.7 Å². The second-order valence-corrected chi connectivity index (χ2v) is 21.4. The zero-order valence-electron chi connectivity index (χ0n) is 46.8. The molecule has 6 aromatic carbocycles. The van der Waals surface area contributed by atoms with Crippen molar-refractivity contribution in [3.8, 4) is 0 Å². The van der Waals surface area contributed by atoms with E-state index in [1.54, 1.807) is 24.3 Å². The molecule has 0 heterocycles. The Hall–Kier alpha value is -7.99. The summed E-state index contributed by atoms with van der Waals surface area (Å²) in [6.07, 6.45) is 2.22. The summed E-state index contributed by atoms with van der Waals surface area (Å²) in [6, 6.07) is 51.0. The minimum atomic E-state index is -4.02. The van der Waals surface area contributed by atoms with Crippen molar-refractivity contribution < 1.29 is 61.4 Å². The molecule has 17 heteroatoms. The van der Waals surface area contributed by atoms with Crippen molar-refractivity contribution in [2.45, 2.75) is 123 Å². The number of carboxylic acid groups (broad SMARTS) is 2. The van der Waals surface area contributed by atoms with Crippen LogP contribution in [0.25, 0.3) is 0 Å². The van der Waals surface area contributed by atoms with Gasteiger partial charge in [-0.05, 0) is 83.9 Å². The highest BCUT2D eigenvalue weighted by Crippen LogP contribution is 2.12. The molecular formula is C63H79N3O13S. The van der Waals surface area contributed by atoms with Crippen LogP contribution in [0.1, 0.15) is 94.2 Å². The van der Waals surface area contributed by atoms with Crippen LogP contribution in [-0.2, 0) is 80.8 Å². The lowest BCUT2D eigenvalue weighted by Gasteiger charge is -2.19.